The molecule has 1 N–H and O–H groups in total. The number of rotatable bonds is 4. The molecule has 0 amide bonds. The molecule has 2 aromatic rings. The Kier molecular flexibility index (Phi) is 5.49. The maximum Gasteiger partial charge on any atom is 0.404 e. The number of ether oxygens (including phenoxy) is 1. The van der Waals surface area contributed by atoms with Crippen molar-refractivity contribution in [3.05, 3.63) is 65.2 Å². The van der Waals surface area contributed by atoms with Gasteiger partial charge in [-0.05, 0) is 73.3 Å². The summed E-state index contributed by atoms with van der Waals surface area (Å²) >= 11 is 0. The molecule has 2 fully saturated rings. The fourth-order valence-corrected chi connectivity index (χ4v) is 7.69. The van der Waals surface area contributed by atoms with Gasteiger partial charge in [-0.3, -0.25) is 0 Å². The van der Waals surface area contributed by atoms with Crippen LogP contribution in [0.25, 0.3) is 0 Å². The van der Waals surface area contributed by atoms with Crippen LogP contribution in [0.1, 0.15) is 36.5 Å². The van der Waals surface area contributed by atoms with Gasteiger partial charge in [0.1, 0.15) is 18.4 Å². The Morgan fingerprint density at radius 1 is 1.09 bits per heavy atom. The first-order valence-electron chi connectivity index (χ1n) is 11.2. The summed E-state index contributed by atoms with van der Waals surface area (Å²) in [5.74, 6) is 0.636. The highest BCUT2D eigenvalue weighted by Gasteiger charge is 2.62. The highest BCUT2D eigenvalue weighted by Crippen LogP contribution is 2.51. The topological polar surface area (TPSA) is 58.6 Å². The second-order valence-electron chi connectivity index (χ2n) is 9.49. The summed E-state index contributed by atoms with van der Waals surface area (Å²) in [4.78, 5) is 0. The van der Waals surface area contributed by atoms with E-state index in [0.29, 0.717) is 23.8 Å². The molecule has 1 heterocycles. The van der Waals surface area contributed by atoms with E-state index in [1.165, 1.54) is 0 Å². The predicted octanol–water partition coefficient (Wildman–Crippen LogP) is 4.23. The molecule has 1 spiro atoms. The predicted molar refractivity (Wildman–Crippen MR) is 118 cm³/mol. The van der Waals surface area contributed by atoms with Crippen LogP contribution in [-0.4, -0.2) is 37.0 Å². The molecule has 1 unspecified atom stereocenters. The van der Waals surface area contributed by atoms with Gasteiger partial charge in [-0.1, -0.05) is 36.4 Å². The van der Waals surface area contributed by atoms with Crippen LogP contribution in [0.2, 0.25) is 0 Å². The van der Waals surface area contributed by atoms with Gasteiger partial charge in [-0.25, -0.2) is 0 Å². The van der Waals surface area contributed by atoms with Crippen molar-refractivity contribution in [1.29, 1.82) is 0 Å². The number of nitrogens with zero attached hydrogens (tertiary/aromatic N) is 1. The molecule has 3 aliphatic rings. The van der Waals surface area contributed by atoms with Crippen LogP contribution in [-0.2, 0) is 29.7 Å². The normalized spacial score (nSPS) is 29.6. The van der Waals surface area contributed by atoms with E-state index in [-0.39, 0.29) is 18.4 Å². The van der Waals surface area contributed by atoms with Crippen LogP contribution in [0.4, 0.5) is 13.2 Å². The van der Waals surface area contributed by atoms with E-state index in [9.17, 15) is 21.6 Å². The Hall–Kier alpha value is -2.10. The summed E-state index contributed by atoms with van der Waals surface area (Å²) in [6.07, 6.45) is -1.77. The van der Waals surface area contributed by atoms with Crippen molar-refractivity contribution in [3.63, 3.8) is 0 Å². The molecule has 1 saturated heterocycles. The first-order valence-corrected chi connectivity index (χ1v) is 12.7. The van der Waals surface area contributed by atoms with Gasteiger partial charge in [0.05, 0.1) is 5.54 Å². The van der Waals surface area contributed by atoms with Crippen LogP contribution in [0.15, 0.2) is 48.5 Å². The van der Waals surface area contributed by atoms with Crippen molar-refractivity contribution in [1.82, 2.24) is 9.03 Å². The summed E-state index contributed by atoms with van der Waals surface area (Å²) < 4.78 is 75.1. The molecular formula is C24H27F3N2O3S. The standard InChI is InChI=1S/C24H27F3N2O3S/c1-16(24(25,26)27)29-15-23(28-33(29,30)31)20-8-9-21(23)12-19-13-22(10-7-18(19)11-20)32-14-17-5-3-2-4-6-17/h2-7,10,13,16,20-21,28H,8-9,11-12,14-15H2,1H3/t16?,20-,21+,23+/m0/s1. The minimum atomic E-state index is -4.61. The quantitative estimate of drug-likeness (QED) is 0.713. The van der Waals surface area contributed by atoms with E-state index < -0.39 is 28.0 Å². The first-order chi connectivity index (χ1) is 15.6. The van der Waals surface area contributed by atoms with Gasteiger partial charge in [-0.15, -0.1) is 0 Å². The molecule has 4 atom stereocenters. The largest absolute Gasteiger partial charge is 0.489 e. The van der Waals surface area contributed by atoms with Gasteiger partial charge in [0.2, 0.25) is 0 Å². The van der Waals surface area contributed by atoms with Crippen molar-refractivity contribution in [2.45, 2.75) is 57.0 Å². The molecule has 2 aliphatic carbocycles. The number of hydrogen-bond acceptors (Lipinski definition) is 3. The SMILES string of the molecule is CC(N1C[C@]2(NS1(=O)=O)[C@@H]1CC[C@H]2Cc2ccc(OCc3ccccc3)cc2C1)C(F)(F)F. The lowest BCUT2D eigenvalue weighted by molar-refractivity contribution is -0.166. The number of alkyl halides is 3. The van der Waals surface area contributed by atoms with E-state index in [4.69, 9.17) is 4.74 Å². The van der Waals surface area contributed by atoms with Crippen molar-refractivity contribution >= 4 is 10.2 Å². The molecule has 1 aliphatic heterocycles. The van der Waals surface area contributed by atoms with Crippen molar-refractivity contribution in [2.24, 2.45) is 11.8 Å². The number of benzene rings is 2. The molecule has 9 heteroatoms. The van der Waals surface area contributed by atoms with Crippen molar-refractivity contribution < 1.29 is 26.3 Å². The summed E-state index contributed by atoms with van der Waals surface area (Å²) in [6.45, 7) is 1.22. The molecule has 2 aromatic carbocycles. The van der Waals surface area contributed by atoms with Crippen LogP contribution < -0.4 is 9.46 Å². The summed E-state index contributed by atoms with van der Waals surface area (Å²) in [6, 6.07) is 13.7. The first kappa shape index (κ1) is 22.7. The summed E-state index contributed by atoms with van der Waals surface area (Å²) in [5.41, 5.74) is 2.40. The lowest BCUT2D eigenvalue weighted by Gasteiger charge is -2.34. The Bertz CT molecular complexity index is 1140. The zero-order valence-electron chi connectivity index (χ0n) is 18.3. The Labute approximate surface area is 192 Å². The van der Waals surface area contributed by atoms with E-state index in [1.54, 1.807) is 0 Å². The number of fused-ring (bicyclic) bond motifs is 1. The van der Waals surface area contributed by atoms with Crippen LogP contribution in [0, 0.1) is 11.8 Å². The van der Waals surface area contributed by atoms with Gasteiger partial charge in [0, 0.05) is 6.54 Å². The number of halogens is 3. The van der Waals surface area contributed by atoms with Crippen LogP contribution >= 0.6 is 0 Å². The van der Waals surface area contributed by atoms with Crippen LogP contribution in [0.3, 0.4) is 0 Å². The smallest absolute Gasteiger partial charge is 0.404 e. The maximum atomic E-state index is 13.4. The van der Waals surface area contributed by atoms with Crippen molar-refractivity contribution in [2.75, 3.05) is 6.54 Å². The third-order valence-corrected chi connectivity index (χ3v) is 9.33. The van der Waals surface area contributed by atoms with Gasteiger partial charge >= 0.3 is 6.18 Å². The Morgan fingerprint density at radius 2 is 1.76 bits per heavy atom. The zero-order chi connectivity index (χ0) is 23.4. The average molecular weight is 481 g/mol. The lowest BCUT2D eigenvalue weighted by Crippen LogP contribution is -2.52. The molecule has 5 rings (SSSR count). The minimum Gasteiger partial charge on any atom is -0.489 e. The molecule has 5 nitrogen and oxygen atoms in total. The highest BCUT2D eigenvalue weighted by atomic mass is 32.2. The monoisotopic (exact) mass is 480 g/mol. The average Bonchev–Trinajstić information content (AvgIpc) is 3.17. The van der Waals surface area contributed by atoms with E-state index in [2.05, 4.69) is 4.72 Å². The molecule has 33 heavy (non-hydrogen) atoms. The lowest BCUT2D eigenvalue weighted by atomic mass is 9.79. The molecule has 1 saturated carbocycles. The zero-order valence-corrected chi connectivity index (χ0v) is 19.1. The van der Waals surface area contributed by atoms with Gasteiger partial charge in [0.25, 0.3) is 10.2 Å². The number of hydrogen-bond donors (Lipinski definition) is 1. The molecule has 0 radical (unpaired) electrons. The van der Waals surface area contributed by atoms with Gasteiger partial charge in [0.15, 0.2) is 0 Å². The summed E-state index contributed by atoms with van der Waals surface area (Å²) in [5, 5.41) is 0. The van der Waals surface area contributed by atoms with Crippen LogP contribution in [0.5, 0.6) is 5.75 Å². The summed E-state index contributed by atoms with van der Waals surface area (Å²) in [7, 11) is -4.22. The van der Waals surface area contributed by atoms with Crippen molar-refractivity contribution in [3.8, 4) is 5.75 Å². The molecule has 0 aromatic heterocycles. The fraction of sp³-hybridized carbons (Fsp3) is 0.500. The second kappa shape index (κ2) is 7.99. The fourth-order valence-electron chi connectivity index (χ4n) is 5.78. The second-order valence-corrected chi connectivity index (χ2v) is 11.1. The van der Waals surface area contributed by atoms with Gasteiger partial charge < -0.3 is 4.74 Å². The Balaban J connectivity index is 1.39. The third-order valence-electron chi connectivity index (χ3n) is 7.63. The molecular weight excluding hydrogens is 453 g/mol. The third kappa shape index (κ3) is 4.04. The maximum absolute atomic E-state index is 13.4. The molecule has 2 bridgehead atoms. The molecule has 178 valence electrons. The Morgan fingerprint density at radius 3 is 2.42 bits per heavy atom. The number of nitrogens with one attached hydrogen (secondary N) is 1. The van der Waals surface area contributed by atoms with E-state index in [0.717, 1.165) is 42.2 Å². The highest BCUT2D eigenvalue weighted by molar-refractivity contribution is 7.87. The van der Waals surface area contributed by atoms with Gasteiger partial charge in [-0.2, -0.15) is 30.6 Å². The van der Waals surface area contributed by atoms with E-state index >= 15 is 0 Å². The minimum absolute atomic E-state index is 0.0416. The van der Waals surface area contributed by atoms with E-state index in [1.807, 2.05) is 48.5 Å².